The smallest absolute Gasteiger partial charge is 0.139 e. The fourth-order valence-electron chi connectivity index (χ4n) is 1.55. The Balaban J connectivity index is 2.43. The molecule has 2 aromatic rings. The van der Waals surface area contributed by atoms with Crippen LogP contribution in [-0.4, -0.2) is 9.55 Å². The monoisotopic (exact) mass is 197 g/mol. The van der Waals surface area contributed by atoms with Crippen molar-refractivity contribution < 1.29 is 0 Å². The maximum Gasteiger partial charge on any atom is 0.139 e. The summed E-state index contributed by atoms with van der Waals surface area (Å²) < 4.78 is 1.96. The van der Waals surface area contributed by atoms with E-state index >= 15 is 0 Å². The molecule has 0 bridgehead atoms. The molecule has 3 heteroatoms. The van der Waals surface area contributed by atoms with Gasteiger partial charge in [0.25, 0.3) is 0 Å². The van der Waals surface area contributed by atoms with Crippen molar-refractivity contribution in [1.29, 1.82) is 5.26 Å². The van der Waals surface area contributed by atoms with Gasteiger partial charge in [-0.25, -0.2) is 4.98 Å². The molecule has 0 aliphatic heterocycles. The molecule has 1 heterocycles. The predicted octanol–water partition coefficient (Wildman–Crippen LogP) is 2.15. The summed E-state index contributed by atoms with van der Waals surface area (Å²) in [5, 5.41) is 8.63. The van der Waals surface area contributed by atoms with E-state index in [1.54, 1.807) is 6.20 Å². The Labute approximate surface area is 88.6 Å². The quantitative estimate of drug-likeness (QED) is 0.740. The van der Waals surface area contributed by atoms with Gasteiger partial charge in [-0.1, -0.05) is 30.3 Å². The van der Waals surface area contributed by atoms with Crippen LogP contribution in [0.1, 0.15) is 5.69 Å². The van der Waals surface area contributed by atoms with Gasteiger partial charge in [0.05, 0.1) is 18.2 Å². The lowest BCUT2D eigenvalue weighted by molar-refractivity contribution is 0.864. The first-order valence-electron chi connectivity index (χ1n) is 4.76. The second-order valence-corrected chi connectivity index (χ2v) is 3.33. The molecule has 0 unspecified atom stereocenters. The number of rotatable bonds is 2. The van der Waals surface area contributed by atoms with Crippen LogP contribution >= 0.6 is 0 Å². The predicted molar refractivity (Wildman–Crippen MR) is 58.0 cm³/mol. The van der Waals surface area contributed by atoms with Crippen LogP contribution in [0.3, 0.4) is 0 Å². The zero-order chi connectivity index (χ0) is 10.7. The van der Waals surface area contributed by atoms with Crippen molar-refractivity contribution in [3.05, 3.63) is 42.2 Å². The molecule has 0 aliphatic carbocycles. The summed E-state index contributed by atoms with van der Waals surface area (Å²) >= 11 is 0. The Bertz CT molecular complexity index is 491. The Morgan fingerprint density at radius 2 is 2.07 bits per heavy atom. The lowest BCUT2D eigenvalue weighted by atomic mass is 10.2. The van der Waals surface area contributed by atoms with E-state index in [9.17, 15) is 0 Å². The van der Waals surface area contributed by atoms with Crippen molar-refractivity contribution in [3.63, 3.8) is 0 Å². The highest BCUT2D eigenvalue weighted by Gasteiger charge is 2.07. The number of imidazole rings is 1. The first-order valence-corrected chi connectivity index (χ1v) is 4.76. The summed E-state index contributed by atoms with van der Waals surface area (Å²) in [7, 11) is 1.93. The summed E-state index contributed by atoms with van der Waals surface area (Å²) in [5.41, 5.74) is 2.01. The minimum atomic E-state index is 0.399. The maximum atomic E-state index is 8.63. The van der Waals surface area contributed by atoms with Gasteiger partial charge in [-0.15, -0.1) is 0 Å². The SMILES string of the molecule is Cn1c(CC#N)cnc1-c1ccccc1. The molecule has 0 saturated carbocycles. The van der Waals surface area contributed by atoms with E-state index in [1.807, 2.05) is 41.9 Å². The maximum absolute atomic E-state index is 8.63. The first-order chi connectivity index (χ1) is 7.33. The van der Waals surface area contributed by atoms with Gasteiger partial charge < -0.3 is 4.57 Å². The number of hydrogen-bond acceptors (Lipinski definition) is 2. The van der Waals surface area contributed by atoms with Gasteiger partial charge in [0.15, 0.2) is 0 Å². The Morgan fingerprint density at radius 1 is 1.33 bits per heavy atom. The molecule has 15 heavy (non-hydrogen) atoms. The molecule has 2 rings (SSSR count). The Hall–Kier alpha value is -2.08. The van der Waals surface area contributed by atoms with Crippen LogP contribution in [0.2, 0.25) is 0 Å². The summed E-state index contributed by atoms with van der Waals surface area (Å²) in [6.07, 6.45) is 2.15. The number of aromatic nitrogens is 2. The summed E-state index contributed by atoms with van der Waals surface area (Å²) in [4.78, 5) is 4.32. The van der Waals surface area contributed by atoms with Crippen LogP contribution in [0.5, 0.6) is 0 Å². The summed E-state index contributed by atoms with van der Waals surface area (Å²) in [6, 6.07) is 12.1. The highest BCUT2D eigenvalue weighted by molar-refractivity contribution is 5.55. The summed E-state index contributed by atoms with van der Waals surface area (Å²) in [5.74, 6) is 0.904. The molecule has 0 radical (unpaired) electrons. The third kappa shape index (κ3) is 1.75. The highest BCUT2D eigenvalue weighted by Crippen LogP contribution is 2.17. The standard InChI is InChI=1S/C12H11N3/c1-15-11(7-8-13)9-14-12(15)10-5-3-2-4-6-10/h2-6,9H,7H2,1H3. The fourth-order valence-corrected chi connectivity index (χ4v) is 1.55. The van der Waals surface area contributed by atoms with E-state index in [0.29, 0.717) is 6.42 Å². The van der Waals surface area contributed by atoms with Crippen LogP contribution in [0.15, 0.2) is 36.5 Å². The average Bonchev–Trinajstić information content (AvgIpc) is 2.63. The van der Waals surface area contributed by atoms with Crippen LogP contribution in [0.25, 0.3) is 11.4 Å². The van der Waals surface area contributed by atoms with Crippen molar-refractivity contribution in [3.8, 4) is 17.5 Å². The lowest BCUT2D eigenvalue weighted by Crippen LogP contribution is -1.97. The zero-order valence-corrected chi connectivity index (χ0v) is 8.51. The van der Waals surface area contributed by atoms with Gasteiger partial charge in [-0.05, 0) is 0 Å². The van der Waals surface area contributed by atoms with Crippen molar-refractivity contribution in [2.75, 3.05) is 0 Å². The topological polar surface area (TPSA) is 41.6 Å². The number of nitriles is 1. The van der Waals surface area contributed by atoms with Gasteiger partial charge >= 0.3 is 0 Å². The van der Waals surface area contributed by atoms with E-state index < -0.39 is 0 Å². The van der Waals surface area contributed by atoms with E-state index in [-0.39, 0.29) is 0 Å². The van der Waals surface area contributed by atoms with Crippen LogP contribution in [0, 0.1) is 11.3 Å². The van der Waals surface area contributed by atoms with Gasteiger partial charge in [-0.2, -0.15) is 5.26 Å². The normalized spacial score (nSPS) is 9.87. The van der Waals surface area contributed by atoms with Crippen molar-refractivity contribution in [2.24, 2.45) is 7.05 Å². The second-order valence-electron chi connectivity index (χ2n) is 3.33. The highest BCUT2D eigenvalue weighted by atomic mass is 15.1. The number of nitrogens with zero attached hydrogens (tertiary/aromatic N) is 3. The molecule has 1 aromatic heterocycles. The Morgan fingerprint density at radius 3 is 2.73 bits per heavy atom. The van der Waals surface area contributed by atoms with E-state index in [2.05, 4.69) is 11.1 Å². The molecule has 0 atom stereocenters. The fraction of sp³-hybridized carbons (Fsp3) is 0.167. The number of hydrogen-bond donors (Lipinski definition) is 0. The molecule has 0 spiro atoms. The Kier molecular flexibility index (Phi) is 2.51. The van der Waals surface area contributed by atoms with Crippen molar-refractivity contribution in [1.82, 2.24) is 9.55 Å². The largest absolute Gasteiger partial charge is 0.330 e. The van der Waals surface area contributed by atoms with Gasteiger partial charge in [-0.3, -0.25) is 0 Å². The van der Waals surface area contributed by atoms with Gasteiger partial charge in [0, 0.05) is 18.8 Å². The second kappa shape index (κ2) is 3.97. The minimum Gasteiger partial charge on any atom is -0.330 e. The van der Waals surface area contributed by atoms with Gasteiger partial charge in [0.1, 0.15) is 5.82 Å². The molecule has 3 nitrogen and oxygen atoms in total. The third-order valence-electron chi connectivity index (χ3n) is 2.38. The van der Waals surface area contributed by atoms with E-state index in [0.717, 1.165) is 17.1 Å². The first kappa shape index (κ1) is 9.47. The van der Waals surface area contributed by atoms with Crippen molar-refractivity contribution >= 4 is 0 Å². The van der Waals surface area contributed by atoms with Gasteiger partial charge in [0.2, 0.25) is 0 Å². The summed E-state index contributed by atoms with van der Waals surface area (Å²) in [6.45, 7) is 0. The van der Waals surface area contributed by atoms with Crippen LogP contribution in [-0.2, 0) is 13.5 Å². The average molecular weight is 197 g/mol. The molecule has 0 N–H and O–H groups in total. The minimum absolute atomic E-state index is 0.399. The molecule has 0 amide bonds. The number of benzene rings is 1. The third-order valence-corrected chi connectivity index (χ3v) is 2.38. The molecule has 0 fully saturated rings. The molecule has 0 aliphatic rings. The van der Waals surface area contributed by atoms with E-state index in [1.165, 1.54) is 0 Å². The van der Waals surface area contributed by atoms with Crippen LogP contribution in [0.4, 0.5) is 0 Å². The molecule has 0 saturated heterocycles. The van der Waals surface area contributed by atoms with Crippen molar-refractivity contribution in [2.45, 2.75) is 6.42 Å². The zero-order valence-electron chi connectivity index (χ0n) is 8.51. The van der Waals surface area contributed by atoms with Crippen LogP contribution < -0.4 is 0 Å². The molecular weight excluding hydrogens is 186 g/mol. The molecular formula is C12H11N3. The molecule has 1 aromatic carbocycles. The van der Waals surface area contributed by atoms with E-state index in [4.69, 9.17) is 5.26 Å². The molecule has 74 valence electrons. The lowest BCUT2D eigenvalue weighted by Gasteiger charge is -2.03.